The minimum Gasteiger partial charge on any atom is -0.478 e. The number of pyridine rings is 1. The van der Waals surface area contributed by atoms with Crippen molar-refractivity contribution in [2.24, 2.45) is 10.7 Å². The maximum atomic E-state index is 5.72. The summed E-state index contributed by atoms with van der Waals surface area (Å²) in [6, 6.07) is 3.78. The summed E-state index contributed by atoms with van der Waals surface area (Å²) in [4.78, 5) is 8.42. The second-order valence-electron chi connectivity index (χ2n) is 4.37. The number of nitrogens with two attached hydrogens (primary N) is 1. The van der Waals surface area contributed by atoms with Crippen LogP contribution in [0.4, 0.5) is 0 Å². The van der Waals surface area contributed by atoms with Crippen molar-refractivity contribution in [2.75, 3.05) is 13.2 Å². The standard InChI is InChI=1S/C14H22N4O/c1-4-7-19-13-6-5-12(9-16-13)10-18-14(15)17-8-11(2)3/h5-6,9H,2,4,7-8,10H2,1,3H3,(H3,15,17,18). The van der Waals surface area contributed by atoms with Crippen LogP contribution in [-0.2, 0) is 6.54 Å². The summed E-state index contributed by atoms with van der Waals surface area (Å²) < 4.78 is 5.41. The van der Waals surface area contributed by atoms with Crippen LogP contribution >= 0.6 is 0 Å². The van der Waals surface area contributed by atoms with E-state index in [0.717, 1.165) is 17.6 Å². The van der Waals surface area contributed by atoms with Gasteiger partial charge in [0.25, 0.3) is 0 Å². The van der Waals surface area contributed by atoms with Gasteiger partial charge in [0.05, 0.1) is 13.2 Å². The molecule has 0 unspecified atom stereocenters. The van der Waals surface area contributed by atoms with E-state index in [0.29, 0.717) is 31.5 Å². The van der Waals surface area contributed by atoms with Crippen LogP contribution in [0.25, 0.3) is 0 Å². The summed E-state index contributed by atoms with van der Waals surface area (Å²) in [7, 11) is 0. The van der Waals surface area contributed by atoms with Crippen molar-refractivity contribution in [2.45, 2.75) is 26.8 Å². The first-order chi connectivity index (χ1) is 9.11. The second-order valence-corrected chi connectivity index (χ2v) is 4.37. The Morgan fingerprint density at radius 1 is 1.53 bits per heavy atom. The van der Waals surface area contributed by atoms with E-state index >= 15 is 0 Å². The van der Waals surface area contributed by atoms with E-state index in [1.54, 1.807) is 6.20 Å². The molecule has 1 heterocycles. The molecule has 0 saturated carbocycles. The minimum absolute atomic E-state index is 0.411. The van der Waals surface area contributed by atoms with Crippen molar-refractivity contribution in [3.05, 3.63) is 36.0 Å². The molecule has 1 aromatic heterocycles. The predicted molar refractivity (Wildman–Crippen MR) is 78.2 cm³/mol. The molecule has 5 heteroatoms. The first-order valence-corrected chi connectivity index (χ1v) is 6.37. The Morgan fingerprint density at radius 2 is 2.32 bits per heavy atom. The molecule has 0 radical (unpaired) electrons. The monoisotopic (exact) mass is 262 g/mol. The van der Waals surface area contributed by atoms with Gasteiger partial charge in [-0.05, 0) is 18.9 Å². The predicted octanol–water partition coefficient (Wildman–Crippen LogP) is 1.85. The Bertz CT molecular complexity index is 426. The van der Waals surface area contributed by atoms with Gasteiger partial charge in [0.1, 0.15) is 0 Å². The van der Waals surface area contributed by atoms with Crippen molar-refractivity contribution >= 4 is 5.96 Å². The van der Waals surface area contributed by atoms with Crippen LogP contribution in [0, 0.1) is 0 Å². The molecule has 0 aliphatic heterocycles. The Kier molecular flexibility index (Phi) is 6.43. The van der Waals surface area contributed by atoms with Crippen molar-refractivity contribution in [1.29, 1.82) is 0 Å². The Balaban J connectivity index is 2.44. The smallest absolute Gasteiger partial charge is 0.213 e. The number of hydrogen-bond donors (Lipinski definition) is 2. The van der Waals surface area contributed by atoms with Gasteiger partial charge in [-0.3, -0.25) is 0 Å². The molecular weight excluding hydrogens is 240 g/mol. The third-order valence-electron chi connectivity index (χ3n) is 2.25. The Morgan fingerprint density at radius 3 is 2.89 bits per heavy atom. The van der Waals surface area contributed by atoms with E-state index in [1.807, 2.05) is 19.1 Å². The van der Waals surface area contributed by atoms with Gasteiger partial charge >= 0.3 is 0 Å². The maximum Gasteiger partial charge on any atom is 0.213 e. The summed E-state index contributed by atoms with van der Waals surface area (Å²) in [5.41, 5.74) is 7.72. The summed E-state index contributed by atoms with van der Waals surface area (Å²) in [5, 5.41) is 2.97. The topological polar surface area (TPSA) is 72.5 Å². The third-order valence-corrected chi connectivity index (χ3v) is 2.25. The van der Waals surface area contributed by atoms with Gasteiger partial charge in [0, 0.05) is 18.8 Å². The summed E-state index contributed by atoms with van der Waals surface area (Å²) in [6.45, 7) is 9.59. The van der Waals surface area contributed by atoms with Gasteiger partial charge in [0.15, 0.2) is 5.96 Å². The van der Waals surface area contributed by atoms with Gasteiger partial charge < -0.3 is 15.8 Å². The van der Waals surface area contributed by atoms with Crippen LogP contribution in [0.3, 0.4) is 0 Å². The van der Waals surface area contributed by atoms with Gasteiger partial charge in [-0.1, -0.05) is 25.1 Å². The molecular formula is C14H22N4O. The number of aromatic nitrogens is 1. The molecule has 0 bridgehead atoms. The molecule has 0 saturated heterocycles. The average molecular weight is 262 g/mol. The fourth-order valence-electron chi connectivity index (χ4n) is 1.27. The van der Waals surface area contributed by atoms with Gasteiger partial charge in [-0.15, -0.1) is 0 Å². The van der Waals surface area contributed by atoms with Crippen molar-refractivity contribution in [3.63, 3.8) is 0 Å². The van der Waals surface area contributed by atoms with E-state index in [9.17, 15) is 0 Å². The second kappa shape index (κ2) is 8.13. The fourth-order valence-corrected chi connectivity index (χ4v) is 1.27. The SMILES string of the molecule is C=C(C)CNC(N)=NCc1ccc(OCCC)nc1. The van der Waals surface area contributed by atoms with Gasteiger partial charge in [0.2, 0.25) is 5.88 Å². The number of rotatable bonds is 7. The van der Waals surface area contributed by atoms with Crippen molar-refractivity contribution in [3.8, 4) is 5.88 Å². The lowest BCUT2D eigenvalue weighted by molar-refractivity contribution is 0.305. The molecule has 1 aromatic rings. The molecule has 0 aliphatic rings. The highest BCUT2D eigenvalue weighted by Gasteiger charge is 1.97. The largest absolute Gasteiger partial charge is 0.478 e. The van der Waals surface area contributed by atoms with Crippen LogP contribution in [0.15, 0.2) is 35.5 Å². The number of hydrogen-bond acceptors (Lipinski definition) is 3. The summed E-state index contributed by atoms with van der Waals surface area (Å²) in [6.07, 6.45) is 2.72. The molecule has 0 fully saturated rings. The van der Waals surface area contributed by atoms with Crippen LogP contribution in [0.1, 0.15) is 25.8 Å². The van der Waals surface area contributed by atoms with Crippen molar-refractivity contribution < 1.29 is 4.74 Å². The third kappa shape index (κ3) is 6.45. The first-order valence-electron chi connectivity index (χ1n) is 6.37. The fraction of sp³-hybridized carbons (Fsp3) is 0.429. The normalized spacial score (nSPS) is 11.2. The van der Waals surface area contributed by atoms with Crippen molar-refractivity contribution in [1.82, 2.24) is 10.3 Å². The van der Waals surface area contributed by atoms with Gasteiger partial charge in [-0.25, -0.2) is 9.98 Å². The zero-order valence-electron chi connectivity index (χ0n) is 11.6. The van der Waals surface area contributed by atoms with Crippen LogP contribution in [-0.4, -0.2) is 24.1 Å². The summed E-state index contributed by atoms with van der Waals surface area (Å²) in [5.74, 6) is 1.05. The molecule has 3 N–H and O–H groups in total. The van der Waals surface area contributed by atoms with E-state index in [4.69, 9.17) is 10.5 Å². The average Bonchev–Trinajstić information content (AvgIpc) is 2.41. The lowest BCUT2D eigenvalue weighted by atomic mass is 10.3. The maximum absolute atomic E-state index is 5.72. The molecule has 0 spiro atoms. The summed E-state index contributed by atoms with van der Waals surface area (Å²) >= 11 is 0. The highest BCUT2D eigenvalue weighted by Crippen LogP contribution is 2.08. The Labute approximate surface area is 114 Å². The molecule has 0 aromatic carbocycles. The molecule has 0 aliphatic carbocycles. The highest BCUT2D eigenvalue weighted by molar-refractivity contribution is 5.78. The molecule has 1 rings (SSSR count). The molecule has 0 atom stereocenters. The lowest BCUT2D eigenvalue weighted by Gasteiger charge is -2.05. The number of nitrogens with zero attached hydrogens (tertiary/aromatic N) is 2. The first kappa shape index (κ1) is 15.0. The van der Waals surface area contributed by atoms with Crippen LogP contribution in [0.2, 0.25) is 0 Å². The number of guanidine groups is 1. The molecule has 5 nitrogen and oxygen atoms in total. The van der Waals surface area contributed by atoms with E-state index < -0.39 is 0 Å². The van der Waals surface area contributed by atoms with E-state index in [2.05, 4.69) is 28.8 Å². The molecule has 0 amide bonds. The van der Waals surface area contributed by atoms with E-state index in [-0.39, 0.29) is 0 Å². The minimum atomic E-state index is 0.411. The number of aliphatic imine (C=N–C) groups is 1. The van der Waals surface area contributed by atoms with E-state index in [1.165, 1.54) is 0 Å². The highest BCUT2D eigenvalue weighted by atomic mass is 16.5. The molecule has 104 valence electrons. The quantitative estimate of drug-likeness (QED) is 0.447. The lowest BCUT2D eigenvalue weighted by Crippen LogP contribution is -2.32. The zero-order valence-corrected chi connectivity index (χ0v) is 11.6. The molecule has 19 heavy (non-hydrogen) atoms. The van der Waals surface area contributed by atoms with Gasteiger partial charge in [-0.2, -0.15) is 0 Å². The van der Waals surface area contributed by atoms with Crippen LogP contribution in [0.5, 0.6) is 5.88 Å². The Hall–Kier alpha value is -2.04. The number of ether oxygens (including phenoxy) is 1. The zero-order chi connectivity index (χ0) is 14.1. The van der Waals surface area contributed by atoms with Crippen LogP contribution < -0.4 is 15.8 Å². The number of nitrogens with one attached hydrogen (secondary N) is 1.